The van der Waals surface area contributed by atoms with Crippen LogP contribution in [0, 0.1) is 0 Å². The molecule has 1 rings (SSSR count). The molecular weight excluding hydrogens is 192 g/mol. The molecule has 0 aromatic heterocycles. The van der Waals surface area contributed by atoms with E-state index in [1.165, 1.54) is 0 Å². The highest BCUT2D eigenvalue weighted by molar-refractivity contribution is 5.75. The highest BCUT2D eigenvalue weighted by Gasteiger charge is 2.37. The third kappa shape index (κ3) is 3.38. The molecule has 88 valence electrons. The van der Waals surface area contributed by atoms with Gasteiger partial charge in [0.05, 0.1) is 11.1 Å². The Kier molecular flexibility index (Phi) is 3.01. The van der Waals surface area contributed by atoms with Crippen molar-refractivity contribution in [1.82, 2.24) is 5.06 Å². The fraction of sp³-hybridized carbons (Fsp3) is 0.909. The van der Waals surface area contributed by atoms with Crippen LogP contribution >= 0.6 is 0 Å². The molecule has 1 atom stereocenters. The van der Waals surface area contributed by atoms with Crippen LogP contribution in [0.3, 0.4) is 0 Å². The zero-order chi connectivity index (χ0) is 11.9. The average molecular weight is 214 g/mol. The van der Waals surface area contributed by atoms with Crippen molar-refractivity contribution in [2.45, 2.75) is 65.8 Å². The molecule has 1 saturated heterocycles. The van der Waals surface area contributed by atoms with Gasteiger partial charge in [0.25, 0.3) is 0 Å². The number of aliphatic imine (C=N–C) groups is 1. The van der Waals surface area contributed by atoms with E-state index >= 15 is 0 Å². The van der Waals surface area contributed by atoms with Crippen molar-refractivity contribution in [3.8, 4) is 0 Å². The maximum atomic E-state index is 5.56. The van der Waals surface area contributed by atoms with Crippen LogP contribution in [-0.4, -0.2) is 28.5 Å². The molecule has 4 nitrogen and oxygen atoms in total. The summed E-state index contributed by atoms with van der Waals surface area (Å²) in [6.45, 7) is 14.2. The van der Waals surface area contributed by atoms with Crippen molar-refractivity contribution in [2.24, 2.45) is 4.99 Å². The summed E-state index contributed by atoms with van der Waals surface area (Å²) < 4.78 is 5.53. The van der Waals surface area contributed by atoms with Crippen LogP contribution in [0.25, 0.3) is 0 Å². The molecule has 0 aromatic carbocycles. The predicted octanol–water partition coefficient (Wildman–Crippen LogP) is 2.55. The van der Waals surface area contributed by atoms with E-state index in [9.17, 15) is 0 Å². The van der Waals surface area contributed by atoms with E-state index in [-0.39, 0.29) is 17.4 Å². The summed E-state index contributed by atoms with van der Waals surface area (Å²) in [5.74, 6) is 0. The maximum absolute atomic E-state index is 5.56. The topological polar surface area (TPSA) is 34.1 Å². The molecule has 0 radical (unpaired) electrons. The van der Waals surface area contributed by atoms with Gasteiger partial charge in [0, 0.05) is 6.92 Å². The van der Waals surface area contributed by atoms with E-state index in [0.29, 0.717) is 6.02 Å². The third-order valence-electron chi connectivity index (χ3n) is 1.74. The largest absolute Gasteiger partial charge is 0.432 e. The fourth-order valence-corrected chi connectivity index (χ4v) is 1.22. The van der Waals surface area contributed by atoms with E-state index in [4.69, 9.17) is 9.57 Å². The van der Waals surface area contributed by atoms with Gasteiger partial charge in [-0.05, 0) is 41.5 Å². The van der Waals surface area contributed by atoms with Gasteiger partial charge < -0.3 is 4.74 Å². The average Bonchev–Trinajstić information content (AvgIpc) is 2.25. The van der Waals surface area contributed by atoms with E-state index in [0.717, 1.165) is 0 Å². The number of hydroxylamine groups is 2. The van der Waals surface area contributed by atoms with Crippen molar-refractivity contribution in [3.63, 3.8) is 0 Å². The summed E-state index contributed by atoms with van der Waals surface area (Å²) in [7, 11) is 0. The van der Waals surface area contributed by atoms with Gasteiger partial charge >= 0.3 is 6.02 Å². The SMILES string of the molecule is CC1OC(=NC(C)(C)C)N(C(C)(C)C)O1. The molecule has 0 amide bonds. The van der Waals surface area contributed by atoms with E-state index in [2.05, 4.69) is 25.8 Å². The summed E-state index contributed by atoms with van der Waals surface area (Å²) in [5.41, 5.74) is -0.304. The lowest BCUT2D eigenvalue weighted by atomic mass is 10.1. The van der Waals surface area contributed by atoms with Crippen LogP contribution in [-0.2, 0) is 9.57 Å². The van der Waals surface area contributed by atoms with Gasteiger partial charge in [-0.25, -0.2) is 9.83 Å². The van der Waals surface area contributed by atoms with Crippen LogP contribution in [0.15, 0.2) is 4.99 Å². The first-order valence-electron chi connectivity index (χ1n) is 5.33. The fourth-order valence-electron chi connectivity index (χ4n) is 1.22. The van der Waals surface area contributed by atoms with E-state index in [1.54, 1.807) is 5.06 Å². The van der Waals surface area contributed by atoms with Crippen LogP contribution in [0.5, 0.6) is 0 Å². The van der Waals surface area contributed by atoms with Gasteiger partial charge in [-0.1, -0.05) is 0 Å². The lowest BCUT2D eigenvalue weighted by Gasteiger charge is -2.29. The van der Waals surface area contributed by atoms with Crippen LogP contribution < -0.4 is 0 Å². The number of ether oxygens (including phenoxy) is 1. The van der Waals surface area contributed by atoms with E-state index < -0.39 is 0 Å². The summed E-state index contributed by atoms with van der Waals surface area (Å²) >= 11 is 0. The first-order chi connectivity index (χ1) is 6.59. The van der Waals surface area contributed by atoms with Gasteiger partial charge in [-0.3, -0.25) is 0 Å². The molecule has 0 bridgehead atoms. The molecule has 0 aromatic rings. The minimum atomic E-state index is -0.259. The molecule has 0 saturated carbocycles. The molecular formula is C11H22N2O2. The standard InChI is InChI=1S/C11H22N2O2/c1-8-14-9(12-10(2,3)4)13(15-8)11(5,6)7/h8H,1-7H3. The molecule has 1 heterocycles. The molecule has 15 heavy (non-hydrogen) atoms. The highest BCUT2D eigenvalue weighted by atomic mass is 16.9. The minimum Gasteiger partial charge on any atom is -0.432 e. The summed E-state index contributed by atoms with van der Waals surface area (Å²) in [6.07, 6.45) is -0.259. The Hall–Kier alpha value is -0.770. The van der Waals surface area contributed by atoms with Crippen molar-refractivity contribution in [2.75, 3.05) is 0 Å². The van der Waals surface area contributed by atoms with Gasteiger partial charge in [0.2, 0.25) is 6.29 Å². The first kappa shape index (κ1) is 12.3. The predicted molar refractivity (Wildman–Crippen MR) is 60.4 cm³/mol. The smallest absolute Gasteiger partial charge is 0.315 e. The summed E-state index contributed by atoms with van der Waals surface area (Å²) in [4.78, 5) is 10.1. The second-order valence-corrected chi connectivity index (χ2v) is 5.82. The Morgan fingerprint density at radius 1 is 1.13 bits per heavy atom. The maximum Gasteiger partial charge on any atom is 0.315 e. The van der Waals surface area contributed by atoms with Gasteiger partial charge in [-0.15, -0.1) is 0 Å². The van der Waals surface area contributed by atoms with Gasteiger partial charge in [0.1, 0.15) is 0 Å². The lowest BCUT2D eigenvalue weighted by Crippen LogP contribution is -2.42. The van der Waals surface area contributed by atoms with Crippen molar-refractivity contribution < 1.29 is 9.57 Å². The Morgan fingerprint density at radius 2 is 1.67 bits per heavy atom. The quantitative estimate of drug-likeness (QED) is 0.621. The number of hydrogen-bond donors (Lipinski definition) is 0. The Bertz CT molecular complexity index is 261. The molecule has 0 aliphatic carbocycles. The third-order valence-corrected chi connectivity index (χ3v) is 1.74. The molecule has 1 aliphatic heterocycles. The molecule has 1 aliphatic rings. The number of nitrogens with zero attached hydrogens (tertiary/aromatic N) is 2. The van der Waals surface area contributed by atoms with Crippen molar-refractivity contribution in [3.05, 3.63) is 0 Å². The monoisotopic (exact) mass is 214 g/mol. The number of hydrogen-bond acceptors (Lipinski definition) is 3. The van der Waals surface area contributed by atoms with Gasteiger partial charge in [-0.2, -0.15) is 5.06 Å². The second-order valence-electron chi connectivity index (χ2n) is 5.82. The van der Waals surface area contributed by atoms with E-state index in [1.807, 2.05) is 27.7 Å². The van der Waals surface area contributed by atoms with Crippen LogP contribution in [0.2, 0.25) is 0 Å². The minimum absolute atomic E-state index is 0.144. The molecule has 1 fully saturated rings. The zero-order valence-electron chi connectivity index (χ0n) is 10.8. The van der Waals surface area contributed by atoms with Crippen molar-refractivity contribution >= 4 is 6.02 Å². The van der Waals surface area contributed by atoms with Crippen LogP contribution in [0.4, 0.5) is 0 Å². The Morgan fingerprint density at radius 3 is 2.07 bits per heavy atom. The van der Waals surface area contributed by atoms with Crippen LogP contribution in [0.1, 0.15) is 48.5 Å². The number of rotatable bonds is 0. The summed E-state index contributed by atoms with van der Waals surface area (Å²) in [6, 6.07) is 0.572. The Labute approximate surface area is 92.2 Å². The lowest BCUT2D eigenvalue weighted by molar-refractivity contribution is -0.183. The van der Waals surface area contributed by atoms with Gasteiger partial charge in [0.15, 0.2) is 0 Å². The molecule has 0 N–H and O–H groups in total. The second kappa shape index (κ2) is 3.67. The molecule has 1 unspecified atom stereocenters. The Balaban J connectivity index is 2.92. The highest BCUT2D eigenvalue weighted by Crippen LogP contribution is 2.25. The number of amidine groups is 1. The summed E-state index contributed by atoms with van der Waals surface area (Å²) in [5, 5.41) is 1.74. The zero-order valence-corrected chi connectivity index (χ0v) is 10.8. The molecule has 0 spiro atoms. The molecule has 4 heteroatoms. The normalized spacial score (nSPS) is 25.9. The first-order valence-corrected chi connectivity index (χ1v) is 5.33. The van der Waals surface area contributed by atoms with Crippen molar-refractivity contribution in [1.29, 1.82) is 0 Å².